The quantitative estimate of drug-likeness (QED) is 0.841. The third-order valence-electron chi connectivity index (χ3n) is 2.55. The Balaban J connectivity index is 2.11. The van der Waals surface area contributed by atoms with Crippen LogP contribution < -0.4 is 15.4 Å². The van der Waals surface area contributed by atoms with Crippen LogP contribution in [-0.2, 0) is 6.54 Å². The summed E-state index contributed by atoms with van der Waals surface area (Å²) in [5, 5.41) is 6.02. The van der Waals surface area contributed by atoms with Crippen LogP contribution in [0, 0.1) is 6.92 Å². The summed E-state index contributed by atoms with van der Waals surface area (Å²) in [5.74, 6) is 0.911. The standard InChI is InChI=1S/C14H20N6O/c1-9(2)21-14-19-12(15-4)18-13(20-14)16-8-11-7-5-6-10(3)17-11/h5-7,9H,8H2,1-4H3,(H2,15,16,18,19,20). The molecule has 0 bridgehead atoms. The van der Waals surface area contributed by atoms with E-state index in [1.807, 2.05) is 39.0 Å². The molecule has 2 rings (SSSR count). The van der Waals surface area contributed by atoms with Gasteiger partial charge < -0.3 is 15.4 Å². The second-order valence-electron chi connectivity index (χ2n) is 4.81. The lowest BCUT2D eigenvalue weighted by Gasteiger charge is -2.11. The maximum absolute atomic E-state index is 5.51. The average molecular weight is 288 g/mol. The molecule has 2 aromatic rings. The van der Waals surface area contributed by atoms with Gasteiger partial charge in [0.1, 0.15) is 0 Å². The highest BCUT2D eigenvalue weighted by molar-refractivity contribution is 5.35. The van der Waals surface area contributed by atoms with Crippen LogP contribution in [0.2, 0.25) is 0 Å². The largest absolute Gasteiger partial charge is 0.461 e. The summed E-state index contributed by atoms with van der Waals surface area (Å²) in [6, 6.07) is 6.18. The fraction of sp³-hybridized carbons (Fsp3) is 0.429. The molecule has 0 aliphatic carbocycles. The SMILES string of the molecule is CNc1nc(NCc2cccc(C)n2)nc(OC(C)C)n1. The van der Waals surface area contributed by atoms with Gasteiger partial charge in [-0.3, -0.25) is 4.98 Å². The van der Waals surface area contributed by atoms with Crippen molar-refractivity contribution in [1.29, 1.82) is 0 Å². The van der Waals surface area contributed by atoms with Crippen LogP contribution in [-0.4, -0.2) is 33.1 Å². The first kappa shape index (κ1) is 15.0. The van der Waals surface area contributed by atoms with E-state index >= 15 is 0 Å². The van der Waals surface area contributed by atoms with Gasteiger partial charge in [-0.1, -0.05) is 6.07 Å². The Labute approximate surface area is 124 Å². The van der Waals surface area contributed by atoms with Crippen LogP contribution in [0.25, 0.3) is 0 Å². The van der Waals surface area contributed by atoms with Crippen molar-refractivity contribution in [3.05, 3.63) is 29.6 Å². The molecule has 0 saturated heterocycles. The first-order valence-electron chi connectivity index (χ1n) is 6.83. The normalized spacial score (nSPS) is 10.5. The van der Waals surface area contributed by atoms with Crippen LogP contribution >= 0.6 is 0 Å². The molecule has 0 atom stereocenters. The molecule has 21 heavy (non-hydrogen) atoms. The number of hydrogen-bond acceptors (Lipinski definition) is 7. The van der Waals surface area contributed by atoms with E-state index in [0.29, 0.717) is 24.5 Å². The molecule has 2 heterocycles. The summed E-state index contributed by atoms with van der Waals surface area (Å²) >= 11 is 0. The Morgan fingerprint density at radius 2 is 1.86 bits per heavy atom. The van der Waals surface area contributed by atoms with Crippen molar-refractivity contribution in [2.24, 2.45) is 0 Å². The molecule has 2 N–H and O–H groups in total. The summed E-state index contributed by atoms with van der Waals surface area (Å²) < 4.78 is 5.51. The Bertz CT molecular complexity index is 602. The van der Waals surface area contributed by atoms with Crippen molar-refractivity contribution in [3.63, 3.8) is 0 Å². The van der Waals surface area contributed by atoms with Gasteiger partial charge in [0.2, 0.25) is 11.9 Å². The monoisotopic (exact) mass is 288 g/mol. The average Bonchev–Trinajstić information content (AvgIpc) is 2.44. The Morgan fingerprint density at radius 3 is 2.52 bits per heavy atom. The third-order valence-corrected chi connectivity index (χ3v) is 2.55. The number of nitrogens with one attached hydrogen (secondary N) is 2. The predicted molar refractivity (Wildman–Crippen MR) is 81.4 cm³/mol. The first-order valence-corrected chi connectivity index (χ1v) is 6.83. The Kier molecular flexibility index (Phi) is 4.86. The molecule has 0 aliphatic rings. The summed E-state index contributed by atoms with van der Waals surface area (Å²) in [5.41, 5.74) is 1.90. The summed E-state index contributed by atoms with van der Waals surface area (Å²) in [6.45, 7) is 6.34. The number of aryl methyl sites for hydroxylation is 1. The Hall–Kier alpha value is -2.44. The molecule has 0 aromatic carbocycles. The van der Waals surface area contributed by atoms with E-state index in [-0.39, 0.29) is 6.10 Å². The van der Waals surface area contributed by atoms with Crippen LogP contribution in [0.3, 0.4) is 0 Å². The lowest BCUT2D eigenvalue weighted by Crippen LogP contribution is -2.13. The van der Waals surface area contributed by atoms with Gasteiger partial charge >= 0.3 is 6.01 Å². The highest BCUT2D eigenvalue weighted by atomic mass is 16.5. The van der Waals surface area contributed by atoms with Gasteiger partial charge in [-0.25, -0.2) is 0 Å². The zero-order chi connectivity index (χ0) is 15.2. The molecular weight excluding hydrogens is 268 g/mol. The van der Waals surface area contributed by atoms with Crippen LogP contribution in [0.4, 0.5) is 11.9 Å². The van der Waals surface area contributed by atoms with E-state index in [0.717, 1.165) is 11.4 Å². The number of rotatable bonds is 6. The number of aromatic nitrogens is 4. The van der Waals surface area contributed by atoms with Gasteiger partial charge in [0, 0.05) is 12.7 Å². The topological polar surface area (TPSA) is 84.9 Å². The van der Waals surface area contributed by atoms with E-state index < -0.39 is 0 Å². The van der Waals surface area contributed by atoms with E-state index in [1.165, 1.54) is 0 Å². The zero-order valence-corrected chi connectivity index (χ0v) is 12.7. The van der Waals surface area contributed by atoms with E-state index in [2.05, 4.69) is 30.6 Å². The maximum Gasteiger partial charge on any atom is 0.323 e. The molecule has 0 aliphatic heterocycles. The lowest BCUT2D eigenvalue weighted by molar-refractivity contribution is 0.222. The minimum absolute atomic E-state index is 0.00314. The molecule has 112 valence electrons. The predicted octanol–water partition coefficient (Wildman–Crippen LogP) is 2.02. The molecule has 0 unspecified atom stereocenters. The van der Waals surface area contributed by atoms with Crippen molar-refractivity contribution >= 4 is 11.9 Å². The van der Waals surface area contributed by atoms with Gasteiger partial charge in [0.15, 0.2) is 0 Å². The van der Waals surface area contributed by atoms with Gasteiger partial charge in [0.25, 0.3) is 0 Å². The van der Waals surface area contributed by atoms with Crippen LogP contribution in [0.15, 0.2) is 18.2 Å². The third kappa shape index (κ3) is 4.55. The van der Waals surface area contributed by atoms with Crippen molar-refractivity contribution in [2.45, 2.75) is 33.4 Å². The minimum atomic E-state index is 0.00314. The van der Waals surface area contributed by atoms with Gasteiger partial charge in [0.05, 0.1) is 18.3 Å². The van der Waals surface area contributed by atoms with E-state index in [4.69, 9.17) is 4.74 Å². The number of pyridine rings is 1. The fourth-order valence-corrected chi connectivity index (χ4v) is 1.68. The van der Waals surface area contributed by atoms with Crippen molar-refractivity contribution < 1.29 is 4.74 Å². The highest BCUT2D eigenvalue weighted by Gasteiger charge is 2.08. The summed E-state index contributed by atoms with van der Waals surface area (Å²) in [6.07, 6.45) is 0.00314. The summed E-state index contributed by atoms with van der Waals surface area (Å²) in [7, 11) is 1.75. The first-order chi connectivity index (χ1) is 10.1. The molecule has 0 saturated carbocycles. The molecule has 0 amide bonds. The van der Waals surface area contributed by atoms with E-state index in [1.54, 1.807) is 7.05 Å². The smallest absolute Gasteiger partial charge is 0.323 e. The second-order valence-corrected chi connectivity index (χ2v) is 4.81. The number of hydrogen-bond donors (Lipinski definition) is 2. The molecular formula is C14H20N6O. The summed E-state index contributed by atoms with van der Waals surface area (Å²) in [4.78, 5) is 17.1. The second kappa shape index (κ2) is 6.83. The highest BCUT2D eigenvalue weighted by Crippen LogP contribution is 2.12. The molecule has 7 nitrogen and oxygen atoms in total. The number of nitrogens with zero attached hydrogens (tertiary/aromatic N) is 4. The number of ether oxygens (including phenoxy) is 1. The molecule has 0 radical (unpaired) electrons. The van der Waals surface area contributed by atoms with Crippen LogP contribution in [0.5, 0.6) is 6.01 Å². The van der Waals surface area contributed by atoms with Gasteiger partial charge in [-0.15, -0.1) is 0 Å². The van der Waals surface area contributed by atoms with Crippen molar-refractivity contribution in [1.82, 2.24) is 19.9 Å². The molecule has 7 heteroatoms. The van der Waals surface area contributed by atoms with Gasteiger partial charge in [-0.05, 0) is 32.9 Å². The molecule has 2 aromatic heterocycles. The fourth-order valence-electron chi connectivity index (χ4n) is 1.68. The van der Waals surface area contributed by atoms with Crippen LogP contribution in [0.1, 0.15) is 25.2 Å². The number of anilines is 2. The zero-order valence-electron chi connectivity index (χ0n) is 12.7. The maximum atomic E-state index is 5.51. The lowest BCUT2D eigenvalue weighted by atomic mass is 10.3. The minimum Gasteiger partial charge on any atom is -0.461 e. The molecule has 0 spiro atoms. The molecule has 0 fully saturated rings. The Morgan fingerprint density at radius 1 is 1.10 bits per heavy atom. The van der Waals surface area contributed by atoms with Crippen molar-refractivity contribution in [3.8, 4) is 6.01 Å². The van der Waals surface area contributed by atoms with Crippen molar-refractivity contribution in [2.75, 3.05) is 17.7 Å². The van der Waals surface area contributed by atoms with E-state index in [9.17, 15) is 0 Å². The van der Waals surface area contributed by atoms with Gasteiger partial charge in [-0.2, -0.15) is 15.0 Å².